The Morgan fingerprint density at radius 3 is 2.77 bits per heavy atom. The first kappa shape index (κ1) is 14.9. The molecule has 0 saturated heterocycles. The van der Waals surface area contributed by atoms with E-state index in [1.54, 1.807) is 7.11 Å². The molecule has 1 aliphatic rings. The molecule has 3 nitrogen and oxygen atoms in total. The Hall–Kier alpha value is -1.97. The quantitative estimate of drug-likeness (QED) is 0.862. The Morgan fingerprint density at radius 2 is 2.05 bits per heavy atom. The molecule has 0 aliphatic carbocycles. The van der Waals surface area contributed by atoms with Crippen LogP contribution in [0.15, 0.2) is 49.0 Å². The van der Waals surface area contributed by atoms with E-state index in [9.17, 15) is 0 Å². The number of hydrogen-bond acceptors (Lipinski definition) is 3. The zero-order valence-electron chi connectivity index (χ0n) is 12.4. The second-order valence-electron chi connectivity index (χ2n) is 5.25. The monoisotopic (exact) mass is 315 g/mol. The predicted octanol–water partition coefficient (Wildman–Crippen LogP) is 4.18. The van der Waals surface area contributed by atoms with Crippen molar-refractivity contribution in [1.29, 1.82) is 0 Å². The van der Waals surface area contributed by atoms with Crippen LogP contribution in [0, 0.1) is 0 Å². The van der Waals surface area contributed by atoms with Crippen molar-refractivity contribution in [1.82, 2.24) is 5.32 Å². The molecular weight excluding hydrogens is 298 g/mol. The number of hydrogen-bond donors (Lipinski definition) is 1. The van der Waals surface area contributed by atoms with Gasteiger partial charge < -0.3 is 14.8 Å². The van der Waals surface area contributed by atoms with Crippen molar-refractivity contribution in [3.05, 3.63) is 70.8 Å². The Morgan fingerprint density at radius 1 is 1.27 bits per heavy atom. The SMILES string of the molecule is C=C(OC)c1ccc2c(c1)OC[C@H](c1ccc(Cl)cc1)NC2. The lowest BCUT2D eigenvalue weighted by atomic mass is 10.1. The van der Waals surface area contributed by atoms with Crippen molar-refractivity contribution in [3.8, 4) is 5.75 Å². The van der Waals surface area contributed by atoms with Crippen molar-refractivity contribution in [3.63, 3.8) is 0 Å². The first-order chi connectivity index (χ1) is 10.7. The fourth-order valence-corrected chi connectivity index (χ4v) is 2.63. The highest BCUT2D eigenvalue weighted by atomic mass is 35.5. The van der Waals surface area contributed by atoms with Crippen LogP contribution in [0.5, 0.6) is 5.75 Å². The molecule has 4 heteroatoms. The Bertz CT molecular complexity index is 682. The van der Waals surface area contributed by atoms with Crippen molar-refractivity contribution >= 4 is 17.4 Å². The molecule has 0 aromatic heterocycles. The maximum Gasteiger partial charge on any atom is 0.124 e. The molecule has 0 saturated carbocycles. The number of halogens is 1. The van der Waals surface area contributed by atoms with Crippen molar-refractivity contribution in [2.75, 3.05) is 13.7 Å². The van der Waals surface area contributed by atoms with E-state index in [1.165, 1.54) is 5.56 Å². The van der Waals surface area contributed by atoms with Crippen LogP contribution in [0.25, 0.3) is 5.76 Å². The number of methoxy groups -OCH3 is 1. The summed E-state index contributed by atoms with van der Waals surface area (Å²) < 4.78 is 11.2. The number of benzene rings is 2. The third-order valence-corrected chi connectivity index (χ3v) is 4.10. The van der Waals surface area contributed by atoms with E-state index in [-0.39, 0.29) is 6.04 Å². The molecule has 0 bridgehead atoms. The van der Waals surface area contributed by atoms with Crippen LogP contribution < -0.4 is 10.1 Å². The number of ether oxygens (including phenoxy) is 2. The van der Waals surface area contributed by atoms with Crippen LogP contribution in [0.4, 0.5) is 0 Å². The molecule has 22 heavy (non-hydrogen) atoms. The molecule has 0 spiro atoms. The lowest BCUT2D eigenvalue weighted by Gasteiger charge is -2.15. The van der Waals surface area contributed by atoms with Crippen molar-refractivity contribution in [2.45, 2.75) is 12.6 Å². The van der Waals surface area contributed by atoms with Gasteiger partial charge in [0.1, 0.15) is 18.1 Å². The molecule has 2 aromatic rings. The van der Waals surface area contributed by atoms with Gasteiger partial charge in [0.2, 0.25) is 0 Å². The van der Waals surface area contributed by atoms with E-state index in [0.29, 0.717) is 12.4 Å². The summed E-state index contributed by atoms with van der Waals surface area (Å²) in [7, 11) is 1.62. The highest BCUT2D eigenvalue weighted by Crippen LogP contribution is 2.29. The third kappa shape index (κ3) is 3.11. The van der Waals surface area contributed by atoms with Crippen molar-refractivity contribution in [2.24, 2.45) is 0 Å². The fraction of sp³-hybridized carbons (Fsp3) is 0.222. The Labute approximate surface area is 135 Å². The van der Waals surface area contributed by atoms with Gasteiger partial charge in [0.15, 0.2) is 0 Å². The minimum Gasteiger partial charge on any atom is -0.497 e. The van der Waals surface area contributed by atoms with Crippen LogP contribution in [-0.4, -0.2) is 13.7 Å². The highest BCUT2D eigenvalue weighted by molar-refractivity contribution is 6.30. The zero-order chi connectivity index (χ0) is 15.5. The second kappa shape index (κ2) is 6.42. The average molecular weight is 316 g/mol. The Balaban J connectivity index is 1.80. The minimum atomic E-state index is 0.138. The summed E-state index contributed by atoms with van der Waals surface area (Å²) in [6.45, 7) is 5.20. The van der Waals surface area contributed by atoms with Crippen LogP contribution in [0.3, 0.4) is 0 Å². The smallest absolute Gasteiger partial charge is 0.124 e. The molecule has 0 radical (unpaired) electrons. The normalized spacial score (nSPS) is 17.1. The van der Waals surface area contributed by atoms with Crippen molar-refractivity contribution < 1.29 is 9.47 Å². The summed E-state index contributed by atoms with van der Waals surface area (Å²) in [5, 5.41) is 4.25. The average Bonchev–Trinajstić information content (AvgIpc) is 2.77. The van der Waals surface area contributed by atoms with Gasteiger partial charge in [-0.15, -0.1) is 0 Å². The van der Waals surface area contributed by atoms with Gasteiger partial charge in [-0.2, -0.15) is 0 Å². The molecule has 0 unspecified atom stereocenters. The van der Waals surface area contributed by atoms with Gasteiger partial charge >= 0.3 is 0 Å². The maximum absolute atomic E-state index is 5.99. The van der Waals surface area contributed by atoms with Gasteiger partial charge in [-0.1, -0.05) is 42.4 Å². The van der Waals surface area contributed by atoms with Gasteiger partial charge in [-0.25, -0.2) is 0 Å². The predicted molar refractivity (Wildman–Crippen MR) is 89.0 cm³/mol. The van der Waals surface area contributed by atoms with Crippen LogP contribution in [0.1, 0.15) is 22.7 Å². The number of rotatable bonds is 3. The molecule has 0 amide bonds. The fourth-order valence-electron chi connectivity index (χ4n) is 2.50. The van der Waals surface area contributed by atoms with Gasteiger partial charge in [0.05, 0.1) is 13.2 Å². The van der Waals surface area contributed by atoms with Crippen LogP contribution in [-0.2, 0) is 11.3 Å². The molecule has 1 atom stereocenters. The highest BCUT2D eigenvalue weighted by Gasteiger charge is 2.18. The zero-order valence-corrected chi connectivity index (χ0v) is 13.2. The summed E-state index contributed by atoms with van der Waals surface area (Å²) in [5.41, 5.74) is 3.23. The van der Waals surface area contributed by atoms with Gasteiger partial charge in [0.25, 0.3) is 0 Å². The lowest BCUT2D eigenvalue weighted by molar-refractivity contribution is 0.280. The summed E-state index contributed by atoms with van der Waals surface area (Å²) >= 11 is 5.94. The molecule has 0 fully saturated rings. The molecular formula is C18H18ClNO2. The number of fused-ring (bicyclic) bond motifs is 1. The molecule has 114 valence electrons. The van der Waals surface area contributed by atoms with E-state index in [0.717, 1.165) is 28.4 Å². The topological polar surface area (TPSA) is 30.5 Å². The molecule has 2 aromatic carbocycles. The van der Waals surface area contributed by atoms with Gasteiger partial charge in [0, 0.05) is 22.7 Å². The van der Waals surface area contributed by atoms with E-state index in [1.807, 2.05) is 42.5 Å². The molecule has 1 N–H and O–H groups in total. The number of nitrogens with one attached hydrogen (secondary N) is 1. The minimum absolute atomic E-state index is 0.138. The van der Waals surface area contributed by atoms with Gasteiger partial charge in [-0.05, 0) is 23.8 Å². The Kier molecular flexibility index (Phi) is 4.36. The standard InChI is InChI=1S/C18H18ClNO2/c1-12(21-2)14-3-4-15-10-20-17(11-22-18(15)9-14)13-5-7-16(19)8-6-13/h3-9,17,20H,1,10-11H2,2H3/t17-/m1/s1. The van der Waals surface area contributed by atoms with Crippen LogP contribution >= 0.6 is 11.6 Å². The maximum atomic E-state index is 5.99. The van der Waals surface area contributed by atoms with Crippen LogP contribution in [0.2, 0.25) is 5.02 Å². The summed E-state index contributed by atoms with van der Waals surface area (Å²) in [6, 6.07) is 14.0. The largest absolute Gasteiger partial charge is 0.497 e. The first-order valence-corrected chi connectivity index (χ1v) is 7.53. The molecule has 1 heterocycles. The summed E-state index contributed by atoms with van der Waals surface area (Å²) in [6.07, 6.45) is 0. The van der Waals surface area contributed by atoms with E-state index < -0.39 is 0 Å². The van der Waals surface area contributed by atoms with E-state index in [4.69, 9.17) is 21.1 Å². The van der Waals surface area contributed by atoms with Gasteiger partial charge in [-0.3, -0.25) is 0 Å². The van der Waals surface area contributed by atoms with E-state index in [2.05, 4.69) is 11.9 Å². The molecule has 1 aliphatic heterocycles. The third-order valence-electron chi connectivity index (χ3n) is 3.85. The molecule has 3 rings (SSSR count). The lowest BCUT2D eigenvalue weighted by Crippen LogP contribution is -2.23. The second-order valence-corrected chi connectivity index (χ2v) is 5.68. The summed E-state index contributed by atoms with van der Waals surface area (Å²) in [5.74, 6) is 1.51. The summed E-state index contributed by atoms with van der Waals surface area (Å²) in [4.78, 5) is 0. The van der Waals surface area contributed by atoms with E-state index >= 15 is 0 Å². The first-order valence-electron chi connectivity index (χ1n) is 7.15.